The Balaban J connectivity index is 1.13. The van der Waals surface area contributed by atoms with Crippen molar-refractivity contribution < 1.29 is 28.2 Å². The molecular formula is C38H39Cl2F2N9O4. The van der Waals surface area contributed by atoms with Crippen LogP contribution in [0.2, 0.25) is 10.0 Å². The number of hydrogen-bond donors (Lipinski definition) is 4. The number of nitrogens with one attached hydrogen (secondary N) is 3. The van der Waals surface area contributed by atoms with Crippen molar-refractivity contribution in [3.63, 3.8) is 0 Å². The average Bonchev–Trinajstić information content (AvgIpc) is 3.79. The molecule has 0 unspecified atom stereocenters. The number of likely N-dealkylation sites (tertiary alicyclic amines) is 1. The summed E-state index contributed by atoms with van der Waals surface area (Å²) in [6.45, 7) is 5.84. The monoisotopic (exact) mass is 793 g/mol. The number of amides is 1. The number of ether oxygens (including phenoxy) is 1. The molecule has 2 aliphatic heterocycles. The van der Waals surface area contributed by atoms with E-state index in [4.69, 9.17) is 27.9 Å². The van der Waals surface area contributed by atoms with Crippen molar-refractivity contribution in [3.05, 3.63) is 87.5 Å². The summed E-state index contributed by atoms with van der Waals surface area (Å²) in [5.74, 6) is -1.50. The minimum atomic E-state index is -2.94. The Morgan fingerprint density at radius 3 is 2.45 bits per heavy atom. The van der Waals surface area contributed by atoms with Gasteiger partial charge in [0.15, 0.2) is 17.3 Å². The molecule has 288 valence electrons. The van der Waals surface area contributed by atoms with Crippen molar-refractivity contribution in [1.29, 1.82) is 0 Å². The van der Waals surface area contributed by atoms with Crippen molar-refractivity contribution in [2.45, 2.75) is 70.3 Å². The first-order valence-electron chi connectivity index (χ1n) is 17.8. The van der Waals surface area contributed by atoms with Gasteiger partial charge in [0.25, 0.3) is 12.3 Å². The number of carbonyl (C=O) groups excluding carboxylic acids is 2. The second kappa shape index (κ2) is 15.7. The molecule has 2 aromatic carbocycles. The van der Waals surface area contributed by atoms with Crippen LogP contribution in [0.3, 0.4) is 0 Å². The molecule has 2 atom stereocenters. The van der Waals surface area contributed by atoms with E-state index in [2.05, 4.69) is 40.9 Å². The number of pyridine rings is 1. The Bertz CT molecular complexity index is 2270. The number of alkyl halides is 2. The third kappa shape index (κ3) is 8.12. The number of nitrogens with zero attached hydrogens (tertiary/aromatic N) is 6. The van der Waals surface area contributed by atoms with Gasteiger partial charge in [-0.25, -0.2) is 18.7 Å². The smallest absolute Gasteiger partial charge is 0.325 e. The second-order valence-electron chi connectivity index (χ2n) is 14.2. The number of aliphatic hydroxyl groups excluding tert-OH is 1. The largest absolute Gasteiger partial charge is 0.468 e. The van der Waals surface area contributed by atoms with E-state index in [0.29, 0.717) is 48.6 Å². The summed E-state index contributed by atoms with van der Waals surface area (Å²) in [6, 6.07) is 13.4. The zero-order valence-corrected chi connectivity index (χ0v) is 31.8. The molecule has 0 aliphatic carbocycles. The molecule has 0 saturated carbocycles. The van der Waals surface area contributed by atoms with Crippen LogP contribution in [0.15, 0.2) is 54.7 Å². The second-order valence-corrected chi connectivity index (χ2v) is 14.9. The SMILES string of the molecule is COC(=O)C(C)(C)N[C@@H]1CCCn2nc(C(=O)Nc3cccc(-c4cccc(Nc5nc(C(F)F)nc6cc(CN7CC[C@@H](O)C7)cnc56)c4Cl)c3Cl)cc21. The fourth-order valence-corrected chi connectivity index (χ4v) is 7.59. The third-order valence-electron chi connectivity index (χ3n) is 9.74. The number of halogens is 4. The molecule has 1 amide bonds. The summed E-state index contributed by atoms with van der Waals surface area (Å²) in [6.07, 6.45) is 0.526. The van der Waals surface area contributed by atoms with Crippen LogP contribution in [-0.2, 0) is 22.6 Å². The van der Waals surface area contributed by atoms with Crippen molar-refractivity contribution >= 4 is 63.3 Å². The van der Waals surface area contributed by atoms with Gasteiger partial charge in [0.2, 0.25) is 0 Å². The summed E-state index contributed by atoms with van der Waals surface area (Å²) < 4.78 is 34.7. The summed E-state index contributed by atoms with van der Waals surface area (Å²) in [4.78, 5) is 40.6. The summed E-state index contributed by atoms with van der Waals surface area (Å²) in [5, 5.41) is 24.2. The Labute approximate surface area is 325 Å². The van der Waals surface area contributed by atoms with Crippen LogP contribution in [0.5, 0.6) is 0 Å². The number of aromatic nitrogens is 5. The van der Waals surface area contributed by atoms with Crippen molar-refractivity contribution in [2.75, 3.05) is 30.8 Å². The van der Waals surface area contributed by atoms with Crippen LogP contribution < -0.4 is 16.0 Å². The zero-order chi connectivity index (χ0) is 39.0. The first-order chi connectivity index (χ1) is 26.3. The van der Waals surface area contributed by atoms with Crippen LogP contribution in [0.1, 0.15) is 73.1 Å². The molecule has 4 N–H and O–H groups in total. The Morgan fingerprint density at radius 1 is 1.04 bits per heavy atom. The first-order valence-corrected chi connectivity index (χ1v) is 18.5. The highest BCUT2D eigenvalue weighted by molar-refractivity contribution is 6.39. The van der Waals surface area contributed by atoms with E-state index in [9.17, 15) is 23.5 Å². The minimum Gasteiger partial charge on any atom is -0.468 e. The van der Waals surface area contributed by atoms with Crippen molar-refractivity contribution in [3.8, 4) is 11.1 Å². The number of fused-ring (bicyclic) bond motifs is 2. The molecule has 0 bridgehead atoms. The molecule has 0 spiro atoms. The van der Waals surface area contributed by atoms with Gasteiger partial charge in [-0.1, -0.05) is 47.5 Å². The first kappa shape index (κ1) is 38.5. The van der Waals surface area contributed by atoms with E-state index in [1.54, 1.807) is 73.3 Å². The summed E-state index contributed by atoms with van der Waals surface area (Å²) in [5.41, 5.74) is 2.95. The number of benzene rings is 2. The van der Waals surface area contributed by atoms with Gasteiger partial charge in [0.1, 0.15) is 11.1 Å². The molecule has 5 heterocycles. The van der Waals surface area contributed by atoms with Crippen LogP contribution in [-0.4, -0.2) is 78.5 Å². The lowest BCUT2D eigenvalue weighted by Crippen LogP contribution is -2.50. The van der Waals surface area contributed by atoms with Crippen LogP contribution in [0.25, 0.3) is 22.2 Å². The lowest BCUT2D eigenvalue weighted by Gasteiger charge is -2.32. The number of methoxy groups -OCH3 is 1. The Hall–Kier alpha value is -4.80. The molecule has 0 radical (unpaired) electrons. The zero-order valence-electron chi connectivity index (χ0n) is 30.2. The fourth-order valence-electron chi connectivity index (χ4n) is 7.04. The average molecular weight is 795 g/mol. The van der Waals surface area contributed by atoms with E-state index in [1.165, 1.54) is 7.11 Å². The van der Waals surface area contributed by atoms with Gasteiger partial charge < -0.3 is 20.5 Å². The van der Waals surface area contributed by atoms with Gasteiger partial charge in [0.05, 0.1) is 51.9 Å². The van der Waals surface area contributed by atoms with Crippen LogP contribution in [0, 0.1) is 0 Å². The number of esters is 1. The fraction of sp³-hybridized carbons (Fsp3) is 0.368. The maximum absolute atomic E-state index is 14.0. The molecule has 13 nitrogen and oxygen atoms in total. The molecule has 17 heteroatoms. The van der Waals surface area contributed by atoms with Crippen LogP contribution in [0.4, 0.5) is 26.0 Å². The van der Waals surface area contributed by atoms with E-state index < -0.39 is 35.8 Å². The lowest BCUT2D eigenvalue weighted by molar-refractivity contribution is -0.147. The van der Waals surface area contributed by atoms with Gasteiger partial charge in [0, 0.05) is 43.5 Å². The number of rotatable bonds is 11. The van der Waals surface area contributed by atoms with Gasteiger partial charge in [-0.3, -0.25) is 29.5 Å². The number of aliphatic hydroxyl groups is 1. The third-order valence-corrected chi connectivity index (χ3v) is 10.6. The van der Waals surface area contributed by atoms with E-state index in [-0.39, 0.29) is 38.6 Å². The topological polar surface area (TPSA) is 159 Å². The highest BCUT2D eigenvalue weighted by Crippen LogP contribution is 2.41. The maximum Gasteiger partial charge on any atom is 0.325 e. The van der Waals surface area contributed by atoms with Gasteiger partial charge >= 0.3 is 5.97 Å². The molecule has 7 rings (SSSR count). The van der Waals surface area contributed by atoms with Gasteiger partial charge in [-0.2, -0.15) is 5.10 Å². The number of anilines is 3. The number of aryl methyl sites for hydroxylation is 1. The maximum atomic E-state index is 14.0. The highest BCUT2D eigenvalue weighted by Gasteiger charge is 2.35. The molecule has 3 aromatic heterocycles. The van der Waals surface area contributed by atoms with Crippen LogP contribution >= 0.6 is 23.2 Å². The van der Waals surface area contributed by atoms with Crippen molar-refractivity contribution in [1.82, 2.24) is 34.9 Å². The van der Waals surface area contributed by atoms with Gasteiger partial charge in [-0.15, -0.1) is 0 Å². The minimum absolute atomic E-state index is 0.0451. The molecule has 1 saturated heterocycles. The quantitative estimate of drug-likeness (QED) is 0.101. The number of carbonyl (C=O) groups is 2. The lowest BCUT2D eigenvalue weighted by atomic mass is 9.98. The predicted molar refractivity (Wildman–Crippen MR) is 205 cm³/mol. The standard InChI is InChI=1S/C38H39Cl2F2N9O4/c1-38(2,37(54)55-3)48-24-11-6-13-51-29(24)16-28(49-51)36(53)46-26-10-5-8-23(31(26)40)22-7-4-9-25(30(22)39)44-34-32-27(45-35(47-34)33(41)42)15-20(17-43-32)18-50-14-12-21(52)19-50/h4-5,7-10,15-17,21,24,33,48,52H,6,11-14,18-19H2,1-3H3,(H,46,53)(H,44,45,47)/t21-,24-/m1/s1. The van der Waals surface area contributed by atoms with E-state index >= 15 is 0 Å². The van der Waals surface area contributed by atoms with E-state index in [0.717, 1.165) is 30.6 Å². The number of β-amino-alcohol motifs (C(OH)–C–C–N with tert-alkyl or cyclic N) is 1. The number of hydrogen-bond acceptors (Lipinski definition) is 11. The molecule has 2 aliphatic rings. The molecule has 1 fully saturated rings. The van der Waals surface area contributed by atoms with E-state index in [1.807, 2.05) is 0 Å². The normalized spacial score (nSPS) is 17.4. The predicted octanol–water partition coefficient (Wildman–Crippen LogP) is 7.07. The highest BCUT2D eigenvalue weighted by atomic mass is 35.5. The molecular weight excluding hydrogens is 755 g/mol. The molecule has 5 aromatic rings. The summed E-state index contributed by atoms with van der Waals surface area (Å²) >= 11 is 13.9. The Morgan fingerprint density at radius 2 is 1.76 bits per heavy atom. The van der Waals surface area contributed by atoms with Crippen molar-refractivity contribution in [2.24, 2.45) is 0 Å². The van der Waals surface area contributed by atoms with Gasteiger partial charge in [-0.05, 0) is 62.9 Å². The summed E-state index contributed by atoms with van der Waals surface area (Å²) in [7, 11) is 1.34. The molecule has 55 heavy (non-hydrogen) atoms. The Kier molecular flexibility index (Phi) is 11.0.